The number of hydrogen-bond acceptors (Lipinski definition) is 2. The molecule has 2 heterocycles. The van der Waals surface area contributed by atoms with Crippen LogP contribution in [0.5, 0.6) is 0 Å². The van der Waals surface area contributed by atoms with Crippen LogP contribution in [0.4, 0.5) is 5.69 Å². The van der Waals surface area contributed by atoms with Gasteiger partial charge in [-0.25, -0.2) is 0 Å². The molecule has 3 unspecified atom stereocenters. The number of amides is 1. The van der Waals surface area contributed by atoms with Crippen molar-refractivity contribution in [3.05, 3.63) is 28.2 Å². The van der Waals surface area contributed by atoms with Crippen LogP contribution in [0.2, 0.25) is 0 Å². The summed E-state index contributed by atoms with van der Waals surface area (Å²) in [6.45, 7) is 2.03. The Hall–Kier alpha value is -0.870. The lowest BCUT2D eigenvalue weighted by molar-refractivity contribution is -0.120. The number of benzene rings is 1. The summed E-state index contributed by atoms with van der Waals surface area (Å²) >= 11 is 3.53. The third-order valence-corrected chi connectivity index (χ3v) is 5.14. The number of carbonyl (C=O) groups excluding carboxylic acids is 1. The maximum Gasteiger partial charge on any atom is 0.229 e. The highest BCUT2D eigenvalue weighted by Gasteiger charge is 2.42. The van der Waals surface area contributed by atoms with Gasteiger partial charge in [-0.2, -0.15) is 0 Å². The Kier molecular flexibility index (Phi) is 3.16. The summed E-state index contributed by atoms with van der Waals surface area (Å²) in [6, 6.07) is 6.88. The number of fused-ring (bicyclic) bond motifs is 2. The second-order valence-corrected chi connectivity index (χ2v) is 6.11. The first-order valence-corrected chi connectivity index (χ1v) is 7.26. The summed E-state index contributed by atoms with van der Waals surface area (Å²) in [7, 11) is 0. The monoisotopic (exact) mass is 308 g/mol. The smallest absolute Gasteiger partial charge is 0.229 e. The topological polar surface area (TPSA) is 41.1 Å². The van der Waals surface area contributed by atoms with Gasteiger partial charge in [0.15, 0.2) is 0 Å². The number of carbonyl (C=O) groups is 1. The minimum atomic E-state index is 0.135. The van der Waals surface area contributed by atoms with Gasteiger partial charge in [0.2, 0.25) is 5.91 Å². The third-order valence-electron chi connectivity index (χ3n) is 4.09. The molecule has 0 spiro atoms. The minimum absolute atomic E-state index is 0.135. The van der Waals surface area contributed by atoms with Crippen molar-refractivity contribution in [1.29, 1.82) is 0 Å². The SMILES string of the molecule is Cc1cccc(NC(=O)C2CC3CCC2N3)c1Br. The van der Waals surface area contributed by atoms with Crippen molar-refractivity contribution in [2.45, 2.75) is 38.3 Å². The van der Waals surface area contributed by atoms with Crippen molar-refractivity contribution in [2.75, 3.05) is 5.32 Å². The minimum Gasteiger partial charge on any atom is -0.325 e. The van der Waals surface area contributed by atoms with E-state index < -0.39 is 0 Å². The number of rotatable bonds is 2. The summed E-state index contributed by atoms with van der Waals surface area (Å²) in [5.74, 6) is 0.289. The van der Waals surface area contributed by atoms with Gasteiger partial charge in [-0.05, 0) is 53.7 Å². The highest BCUT2D eigenvalue weighted by molar-refractivity contribution is 9.10. The maximum absolute atomic E-state index is 12.3. The summed E-state index contributed by atoms with van der Waals surface area (Å²) in [5, 5.41) is 6.55. The lowest BCUT2D eigenvalue weighted by Crippen LogP contribution is -2.32. The van der Waals surface area contributed by atoms with E-state index in [0.29, 0.717) is 12.1 Å². The van der Waals surface area contributed by atoms with E-state index in [1.54, 1.807) is 0 Å². The van der Waals surface area contributed by atoms with Gasteiger partial charge in [0.1, 0.15) is 0 Å². The second kappa shape index (κ2) is 4.67. The van der Waals surface area contributed by atoms with Crippen LogP contribution in [0.1, 0.15) is 24.8 Å². The maximum atomic E-state index is 12.3. The average Bonchev–Trinajstić information content (AvgIpc) is 2.97. The molecule has 3 rings (SSSR count). The standard InChI is InChI=1S/C14H17BrN2O/c1-8-3-2-4-12(13(8)15)17-14(18)10-7-9-5-6-11(10)16-9/h2-4,9-11,16H,5-7H2,1H3,(H,17,18). The fourth-order valence-corrected chi connectivity index (χ4v) is 3.45. The molecule has 2 saturated heterocycles. The highest BCUT2D eigenvalue weighted by atomic mass is 79.9. The highest BCUT2D eigenvalue weighted by Crippen LogP contribution is 2.34. The molecule has 1 aromatic rings. The van der Waals surface area contributed by atoms with E-state index >= 15 is 0 Å². The quantitative estimate of drug-likeness (QED) is 0.882. The van der Waals surface area contributed by atoms with Crippen molar-refractivity contribution < 1.29 is 4.79 Å². The molecule has 18 heavy (non-hydrogen) atoms. The Bertz CT molecular complexity index is 489. The molecule has 3 atom stereocenters. The molecule has 0 aliphatic carbocycles. The zero-order valence-corrected chi connectivity index (χ0v) is 12.0. The van der Waals surface area contributed by atoms with Crippen LogP contribution in [0.15, 0.2) is 22.7 Å². The number of aryl methyl sites for hydroxylation is 1. The second-order valence-electron chi connectivity index (χ2n) is 5.32. The molecule has 2 bridgehead atoms. The van der Waals surface area contributed by atoms with Crippen LogP contribution in [0, 0.1) is 12.8 Å². The number of halogens is 1. The summed E-state index contributed by atoms with van der Waals surface area (Å²) < 4.78 is 0.981. The van der Waals surface area contributed by atoms with Crippen LogP contribution in [0.3, 0.4) is 0 Å². The number of anilines is 1. The van der Waals surface area contributed by atoms with Gasteiger partial charge in [-0.3, -0.25) is 4.79 Å². The Morgan fingerprint density at radius 2 is 2.28 bits per heavy atom. The third kappa shape index (κ3) is 2.08. The molecule has 2 aliphatic heterocycles. The fraction of sp³-hybridized carbons (Fsp3) is 0.500. The largest absolute Gasteiger partial charge is 0.325 e. The zero-order chi connectivity index (χ0) is 12.7. The van der Waals surface area contributed by atoms with Crippen molar-refractivity contribution in [3.63, 3.8) is 0 Å². The number of nitrogens with one attached hydrogen (secondary N) is 2. The Morgan fingerprint density at radius 1 is 1.44 bits per heavy atom. The van der Waals surface area contributed by atoms with E-state index in [0.717, 1.165) is 28.6 Å². The molecule has 1 aromatic carbocycles. The predicted molar refractivity (Wildman–Crippen MR) is 75.6 cm³/mol. The van der Waals surface area contributed by atoms with Gasteiger partial charge in [0.05, 0.1) is 11.6 Å². The van der Waals surface area contributed by atoms with E-state index in [-0.39, 0.29) is 11.8 Å². The molecule has 4 heteroatoms. The molecule has 0 saturated carbocycles. The molecule has 1 amide bonds. The lowest BCUT2D eigenvalue weighted by Gasteiger charge is -2.20. The van der Waals surface area contributed by atoms with E-state index in [4.69, 9.17) is 0 Å². The lowest BCUT2D eigenvalue weighted by atomic mass is 9.88. The average molecular weight is 309 g/mol. The summed E-state index contributed by atoms with van der Waals surface area (Å²) in [6.07, 6.45) is 3.35. The molecule has 96 valence electrons. The van der Waals surface area contributed by atoms with Crippen LogP contribution in [-0.4, -0.2) is 18.0 Å². The first-order chi connectivity index (χ1) is 8.65. The van der Waals surface area contributed by atoms with Crippen molar-refractivity contribution in [2.24, 2.45) is 5.92 Å². The van der Waals surface area contributed by atoms with Gasteiger partial charge in [-0.1, -0.05) is 12.1 Å². The molecule has 0 radical (unpaired) electrons. The van der Waals surface area contributed by atoms with E-state index in [2.05, 4.69) is 26.6 Å². The van der Waals surface area contributed by atoms with E-state index in [9.17, 15) is 4.79 Å². The van der Waals surface area contributed by atoms with Crippen molar-refractivity contribution in [3.8, 4) is 0 Å². The molecular formula is C14H17BrN2O. The molecule has 2 aliphatic rings. The molecule has 2 N–H and O–H groups in total. The summed E-state index contributed by atoms with van der Waals surface area (Å²) in [4.78, 5) is 12.3. The van der Waals surface area contributed by atoms with Crippen LogP contribution < -0.4 is 10.6 Å². The number of hydrogen-bond donors (Lipinski definition) is 2. The van der Waals surface area contributed by atoms with E-state index in [1.165, 1.54) is 6.42 Å². The Morgan fingerprint density at radius 3 is 2.94 bits per heavy atom. The van der Waals surface area contributed by atoms with Gasteiger partial charge in [0, 0.05) is 16.6 Å². The summed E-state index contributed by atoms with van der Waals surface area (Å²) in [5.41, 5.74) is 2.02. The van der Waals surface area contributed by atoms with Crippen LogP contribution in [0.25, 0.3) is 0 Å². The van der Waals surface area contributed by atoms with Gasteiger partial charge in [-0.15, -0.1) is 0 Å². The molecule has 3 nitrogen and oxygen atoms in total. The fourth-order valence-electron chi connectivity index (χ4n) is 3.08. The van der Waals surface area contributed by atoms with Crippen molar-refractivity contribution >= 4 is 27.5 Å². The van der Waals surface area contributed by atoms with E-state index in [1.807, 2.05) is 25.1 Å². The predicted octanol–water partition coefficient (Wildman–Crippen LogP) is 2.84. The first-order valence-electron chi connectivity index (χ1n) is 6.47. The first kappa shape index (κ1) is 12.2. The normalized spacial score (nSPS) is 29.6. The Labute approximate surface area is 115 Å². The van der Waals surface area contributed by atoms with Gasteiger partial charge >= 0.3 is 0 Å². The molecule has 0 aromatic heterocycles. The van der Waals surface area contributed by atoms with Gasteiger partial charge < -0.3 is 10.6 Å². The van der Waals surface area contributed by atoms with Gasteiger partial charge in [0.25, 0.3) is 0 Å². The Balaban J connectivity index is 1.73. The van der Waals surface area contributed by atoms with Crippen molar-refractivity contribution in [1.82, 2.24) is 5.32 Å². The van der Waals surface area contributed by atoms with Crippen LogP contribution >= 0.6 is 15.9 Å². The zero-order valence-electron chi connectivity index (χ0n) is 10.4. The van der Waals surface area contributed by atoms with Crippen LogP contribution in [-0.2, 0) is 4.79 Å². The molecule has 2 fully saturated rings. The molecular weight excluding hydrogens is 292 g/mol.